The lowest BCUT2D eigenvalue weighted by Gasteiger charge is -2.28. The van der Waals surface area contributed by atoms with Gasteiger partial charge in [-0.1, -0.05) is 12.1 Å². The van der Waals surface area contributed by atoms with Gasteiger partial charge in [0.1, 0.15) is 12.4 Å². The number of H-pyrrole nitrogens is 1. The van der Waals surface area contributed by atoms with Crippen LogP contribution in [0.5, 0.6) is 11.5 Å². The van der Waals surface area contributed by atoms with Gasteiger partial charge in [-0.05, 0) is 19.1 Å². The SMILES string of the molecule is Cc1nc(CN(C)C(=O)C2COc3ccccc3O2)n[nH]1. The fraction of sp³-hybridized carbons (Fsp3) is 0.357. The summed E-state index contributed by atoms with van der Waals surface area (Å²) in [6.45, 7) is 2.34. The number of carbonyl (C=O) groups is 1. The second-order valence-electron chi connectivity index (χ2n) is 4.90. The minimum Gasteiger partial charge on any atom is -0.485 e. The van der Waals surface area contributed by atoms with Crippen LogP contribution >= 0.6 is 0 Å². The van der Waals surface area contributed by atoms with E-state index in [9.17, 15) is 4.79 Å². The van der Waals surface area contributed by atoms with Crippen molar-refractivity contribution in [2.45, 2.75) is 19.6 Å². The molecule has 1 aromatic heterocycles. The maximum atomic E-state index is 12.4. The molecule has 0 spiro atoms. The fourth-order valence-electron chi connectivity index (χ4n) is 2.14. The van der Waals surface area contributed by atoms with Crippen molar-refractivity contribution >= 4 is 5.91 Å². The van der Waals surface area contributed by atoms with Crippen molar-refractivity contribution in [1.29, 1.82) is 0 Å². The van der Waals surface area contributed by atoms with Crippen LogP contribution in [0.25, 0.3) is 0 Å². The number of hydrogen-bond donors (Lipinski definition) is 1. The summed E-state index contributed by atoms with van der Waals surface area (Å²) in [4.78, 5) is 18.1. The van der Waals surface area contributed by atoms with E-state index in [-0.39, 0.29) is 12.5 Å². The van der Waals surface area contributed by atoms with Gasteiger partial charge in [0.25, 0.3) is 5.91 Å². The van der Waals surface area contributed by atoms with Crippen LogP contribution in [0.15, 0.2) is 24.3 Å². The second kappa shape index (κ2) is 5.43. The summed E-state index contributed by atoms with van der Waals surface area (Å²) in [5, 5.41) is 6.77. The van der Waals surface area contributed by atoms with Crippen LogP contribution in [0.2, 0.25) is 0 Å². The maximum Gasteiger partial charge on any atom is 0.267 e. The average molecular weight is 288 g/mol. The van der Waals surface area contributed by atoms with Crippen molar-refractivity contribution in [3.8, 4) is 11.5 Å². The van der Waals surface area contributed by atoms with Crippen molar-refractivity contribution in [2.75, 3.05) is 13.7 Å². The molecule has 0 fully saturated rings. The molecule has 1 aliphatic rings. The summed E-state index contributed by atoms with van der Waals surface area (Å²) < 4.78 is 11.2. The molecule has 0 bridgehead atoms. The van der Waals surface area contributed by atoms with E-state index < -0.39 is 6.10 Å². The molecule has 110 valence electrons. The number of carbonyl (C=O) groups excluding carboxylic acids is 1. The van der Waals surface area contributed by atoms with Gasteiger partial charge in [0.05, 0.1) is 6.54 Å². The summed E-state index contributed by atoms with van der Waals surface area (Å²) in [7, 11) is 1.69. The van der Waals surface area contributed by atoms with E-state index in [4.69, 9.17) is 9.47 Å². The third kappa shape index (κ3) is 2.81. The Morgan fingerprint density at radius 1 is 1.43 bits per heavy atom. The highest BCUT2D eigenvalue weighted by Gasteiger charge is 2.30. The number of likely N-dealkylation sites (N-methyl/N-ethyl adjacent to an activating group) is 1. The molecule has 1 atom stereocenters. The number of rotatable bonds is 3. The number of hydrogen-bond acceptors (Lipinski definition) is 5. The summed E-state index contributed by atoms with van der Waals surface area (Å²) in [5.74, 6) is 2.38. The number of para-hydroxylation sites is 2. The zero-order chi connectivity index (χ0) is 14.8. The van der Waals surface area contributed by atoms with Crippen LogP contribution in [0.4, 0.5) is 0 Å². The molecule has 0 radical (unpaired) electrons. The molecule has 1 N–H and O–H groups in total. The number of amides is 1. The Labute approximate surface area is 121 Å². The number of benzene rings is 1. The molecule has 3 rings (SSSR count). The number of ether oxygens (including phenoxy) is 2. The lowest BCUT2D eigenvalue weighted by molar-refractivity contribution is -0.140. The first-order chi connectivity index (χ1) is 10.1. The molecule has 1 aromatic carbocycles. The second-order valence-corrected chi connectivity index (χ2v) is 4.90. The molecule has 7 nitrogen and oxygen atoms in total. The van der Waals surface area contributed by atoms with Gasteiger partial charge in [-0.25, -0.2) is 4.98 Å². The van der Waals surface area contributed by atoms with E-state index in [1.54, 1.807) is 13.1 Å². The summed E-state index contributed by atoms with van der Waals surface area (Å²) in [6.07, 6.45) is -0.648. The van der Waals surface area contributed by atoms with Gasteiger partial charge in [-0.15, -0.1) is 0 Å². The van der Waals surface area contributed by atoms with Gasteiger partial charge < -0.3 is 14.4 Å². The Balaban J connectivity index is 1.66. The number of aryl methyl sites for hydroxylation is 1. The van der Waals surface area contributed by atoms with Crippen molar-refractivity contribution in [3.05, 3.63) is 35.9 Å². The quantitative estimate of drug-likeness (QED) is 0.908. The van der Waals surface area contributed by atoms with Crippen LogP contribution in [-0.2, 0) is 11.3 Å². The summed E-state index contributed by atoms with van der Waals surface area (Å²) in [6, 6.07) is 7.31. The van der Waals surface area contributed by atoms with Crippen molar-refractivity contribution in [1.82, 2.24) is 20.1 Å². The normalized spacial score (nSPS) is 16.6. The Kier molecular flexibility index (Phi) is 3.47. The van der Waals surface area contributed by atoms with Crippen LogP contribution in [0.3, 0.4) is 0 Å². The molecule has 1 amide bonds. The molecular weight excluding hydrogens is 272 g/mol. The fourth-order valence-corrected chi connectivity index (χ4v) is 2.14. The van der Waals surface area contributed by atoms with Gasteiger partial charge >= 0.3 is 0 Å². The molecular formula is C14H16N4O3. The van der Waals surface area contributed by atoms with E-state index in [1.165, 1.54) is 4.90 Å². The number of fused-ring (bicyclic) bond motifs is 1. The first-order valence-corrected chi connectivity index (χ1v) is 6.65. The lowest BCUT2D eigenvalue weighted by atomic mass is 10.2. The van der Waals surface area contributed by atoms with Crippen molar-refractivity contribution in [2.24, 2.45) is 0 Å². The minimum atomic E-state index is -0.648. The standard InChI is InChI=1S/C14H16N4O3/c1-9-15-13(17-16-9)7-18(2)14(19)12-8-20-10-5-3-4-6-11(10)21-12/h3-6,12H,7-8H2,1-2H3,(H,15,16,17). The maximum absolute atomic E-state index is 12.4. The third-order valence-electron chi connectivity index (χ3n) is 3.18. The van der Waals surface area contributed by atoms with Gasteiger partial charge in [0.2, 0.25) is 6.10 Å². The molecule has 2 aromatic rings. The highest BCUT2D eigenvalue weighted by Crippen LogP contribution is 2.31. The average Bonchev–Trinajstić information content (AvgIpc) is 2.91. The minimum absolute atomic E-state index is 0.160. The smallest absolute Gasteiger partial charge is 0.267 e. The number of nitrogens with one attached hydrogen (secondary N) is 1. The van der Waals surface area contributed by atoms with Gasteiger partial charge in [-0.2, -0.15) is 5.10 Å². The first-order valence-electron chi connectivity index (χ1n) is 6.65. The van der Waals surface area contributed by atoms with Crippen molar-refractivity contribution < 1.29 is 14.3 Å². The molecule has 2 heterocycles. The number of aromatic amines is 1. The van der Waals surface area contributed by atoms with Gasteiger partial charge in [0, 0.05) is 7.05 Å². The predicted octanol–water partition coefficient (Wildman–Crippen LogP) is 0.912. The molecule has 0 aliphatic carbocycles. The zero-order valence-corrected chi connectivity index (χ0v) is 11.9. The first kappa shape index (κ1) is 13.4. The summed E-state index contributed by atoms with van der Waals surface area (Å²) >= 11 is 0. The van der Waals surface area contributed by atoms with E-state index >= 15 is 0 Å². The molecule has 7 heteroatoms. The zero-order valence-electron chi connectivity index (χ0n) is 11.9. The van der Waals surface area contributed by atoms with E-state index in [0.29, 0.717) is 23.9 Å². The Bertz CT molecular complexity index is 655. The van der Waals surface area contributed by atoms with Crippen LogP contribution in [-0.4, -0.2) is 45.7 Å². The number of nitrogens with zero attached hydrogens (tertiary/aromatic N) is 3. The van der Waals surface area contributed by atoms with E-state index in [2.05, 4.69) is 15.2 Å². The lowest BCUT2D eigenvalue weighted by Crippen LogP contribution is -2.44. The largest absolute Gasteiger partial charge is 0.485 e. The monoisotopic (exact) mass is 288 g/mol. The highest BCUT2D eigenvalue weighted by molar-refractivity contribution is 5.81. The van der Waals surface area contributed by atoms with Crippen LogP contribution < -0.4 is 9.47 Å². The third-order valence-corrected chi connectivity index (χ3v) is 3.18. The van der Waals surface area contributed by atoms with Crippen LogP contribution in [0.1, 0.15) is 11.6 Å². The van der Waals surface area contributed by atoms with Crippen LogP contribution in [0, 0.1) is 6.92 Å². The van der Waals surface area contributed by atoms with Crippen molar-refractivity contribution in [3.63, 3.8) is 0 Å². The molecule has 0 saturated heterocycles. The van der Waals surface area contributed by atoms with Gasteiger partial charge in [-0.3, -0.25) is 9.89 Å². The van der Waals surface area contributed by atoms with E-state index in [0.717, 1.165) is 5.82 Å². The Morgan fingerprint density at radius 3 is 2.90 bits per heavy atom. The number of aromatic nitrogens is 3. The topological polar surface area (TPSA) is 80.3 Å². The molecule has 21 heavy (non-hydrogen) atoms. The molecule has 1 aliphatic heterocycles. The Morgan fingerprint density at radius 2 is 2.19 bits per heavy atom. The van der Waals surface area contributed by atoms with Gasteiger partial charge in [0.15, 0.2) is 17.3 Å². The molecule has 0 saturated carbocycles. The predicted molar refractivity (Wildman–Crippen MR) is 73.9 cm³/mol. The summed E-state index contributed by atoms with van der Waals surface area (Å²) in [5.41, 5.74) is 0. The highest BCUT2D eigenvalue weighted by atomic mass is 16.6. The molecule has 1 unspecified atom stereocenters. The van der Waals surface area contributed by atoms with E-state index in [1.807, 2.05) is 25.1 Å². The Hall–Kier alpha value is -2.57.